The van der Waals surface area contributed by atoms with Crippen LogP contribution in [0.25, 0.3) is 11.3 Å². The summed E-state index contributed by atoms with van der Waals surface area (Å²) in [6, 6.07) is 13.4. The zero-order valence-corrected chi connectivity index (χ0v) is 22.7. The molecule has 1 aromatic carbocycles. The van der Waals surface area contributed by atoms with E-state index in [0.29, 0.717) is 11.8 Å². The molecule has 5 heteroatoms. The molecule has 1 aromatic heterocycles. The molecule has 0 saturated heterocycles. The summed E-state index contributed by atoms with van der Waals surface area (Å²) in [5.41, 5.74) is 8.18. The van der Waals surface area contributed by atoms with Gasteiger partial charge in [-0.25, -0.2) is 4.98 Å². The Balaban J connectivity index is 0.00000132. The molecule has 1 heterocycles. The van der Waals surface area contributed by atoms with Gasteiger partial charge in [-0.2, -0.15) is 0 Å². The molecule has 0 spiro atoms. The summed E-state index contributed by atoms with van der Waals surface area (Å²) in [5, 5.41) is 0. The van der Waals surface area contributed by atoms with Crippen LogP contribution in [-0.4, -0.2) is 16.3 Å². The van der Waals surface area contributed by atoms with E-state index < -0.39 is 7.92 Å². The summed E-state index contributed by atoms with van der Waals surface area (Å²) in [4.78, 5) is 5.16. The maximum absolute atomic E-state index is 5.16. The van der Waals surface area contributed by atoms with Crippen LogP contribution in [-0.2, 0) is 19.3 Å². The first kappa shape index (κ1) is 26.9. The maximum atomic E-state index is 5.16. The molecule has 0 amide bonds. The minimum atomic E-state index is -0.444. The van der Waals surface area contributed by atoms with Crippen LogP contribution in [0.5, 0.6) is 0 Å². The van der Waals surface area contributed by atoms with Gasteiger partial charge in [-0.3, -0.25) is 0 Å². The van der Waals surface area contributed by atoms with E-state index in [0.717, 1.165) is 23.2 Å². The van der Waals surface area contributed by atoms with Gasteiger partial charge in [0, 0.05) is 13.5 Å². The Bertz CT molecular complexity index is 713. The number of hydrogen-bond donors (Lipinski definition) is 0. The van der Waals surface area contributed by atoms with Crippen LogP contribution in [0, 0.1) is 0 Å². The van der Waals surface area contributed by atoms with E-state index >= 15 is 0 Å². The monoisotopic (exact) mass is 496 g/mol. The normalized spacial score (nSPS) is 11.7. The second kappa shape index (κ2) is 13.3. The quantitative estimate of drug-likeness (QED) is 0.275. The van der Waals surface area contributed by atoms with Crippen molar-refractivity contribution in [2.75, 3.05) is 0 Å². The Morgan fingerprint density at radius 1 is 0.793 bits per heavy atom. The first-order chi connectivity index (χ1) is 13.6. The minimum absolute atomic E-state index is 0.194. The Labute approximate surface area is 194 Å². The van der Waals surface area contributed by atoms with Crippen LogP contribution in [0.2, 0.25) is 0 Å². The fourth-order valence-corrected chi connectivity index (χ4v) is 6.61. The molecule has 0 fully saturated rings. The summed E-state index contributed by atoms with van der Waals surface area (Å²) in [6.45, 7) is 18.6. The van der Waals surface area contributed by atoms with Crippen molar-refractivity contribution >= 4 is 28.1 Å². The van der Waals surface area contributed by atoms with E-state index in [-0.39, 0.29) is 13.1 Å². The van der Waals surface area contributed by atoms with E-state index in [1.165, 1.54) is 22.4 Å². The number of hydrogen-bond acceptors (Lipinski definition) is 1. The average molecular weight is 497 g/mol. The Hall–Kier alpha value is -0.101. The summed E-state index contributed by atoms with van der Waals surface area (Å²) >= 11 is 0.194. The molecule has 0 N–H and O–H groups in total. The molecule has 2 rings (SSSR count). The van der Waals surface area contributed by atoms with Gasteiger partial charge in [-0.05, 0) is 62.8 Å². The zero-order chi connectivity index (χ0) is 22.1. The van der Waals surface area contributed by atoms with E-state index in [1.807, 2.05) is 0 Å². The van der Waals surface area contributed by atoms with E-state index in [9.17, 15) is 0 Å². The van der Waals surface area contributed by atoms with E-state index in [4.69, 9.17) is 25.2 Å². The van der Waals surface area contributed by atoms with Crippen LogP contribution in [0.1, 0.15) is 84.0 Å². The summed E-state index contributed by atoms with van der Waals surface area (Å²) in [7, 11) is 9.08. The molecule has 0 atom stereocenters. The van der Waals surface area contributed by atoms with Crippen molar-refractivity contribution in [1.29, 1.82) is 0 Å². The van der Waals surface area contributed by atoms with Crippen molar-refractivity contribution in [3.05, 3.63) is 53.2 Å². The van der Waals surface area contributed by atoms with E-state index in [1.54, 1.807) is 0 Å². The molecule has 0 radical (unpaired) electrons. The topological polar surface area (TPSA) is 12.9 Å². The SMILES string of the molecule is CC(C)c1cccc(C(C)C)c1-c1cccc(C[PH+](C(C)C)C(C)C)n1.[Cl][Fe][Cl]. The fraction of sp³-hybridized carbons (Fsp3) is 0.542. The number of nitrogens with zero attached hydrogens (tertiary/aromatic N) is 1. The van der Waals surface area contributed by atoms with Crippen molar-refractivity contribution in [2.24, 2.45) is 0 Å². The van der Waals surface area contributed by atoms with Crippen molar-refractivity contribution in [1.82, 2.24) is 4.98 Å². The number of rotatable bonds is 7. The van der Waals surface area contributed by atoms with Crippen molar-refractivity contribution in [3.63, 3.8) is 0 Å². The molecule has 2 aromatic rings. The molecule has 1 nitrogen and oxygen atoms in total. The third kappa shape index (κ3) is 8.16. The van der Waals surface area contributed by atoms with Crippen molar-refractivity contribution < 1.29 is 13.1 Å². The van der Waals surface area contributed by atoms with Gasteiger partial charge in [0.05, 0.1) is 28.9 Å². The van der Waals surface area contributed by atoms with Gasteiger partial charge in [0.25, 0.3) is 0 Å². The van der Waals surface area contributed by atoms with Gasteiger partial charge in [-0.15, -0.1) is 0 Å². The Morgan fingerprint density at radius 3 is 1.66 bits per heavy atom. The summed E-state index contributed by atoms with van der Waals surface area (Å²) in [6.07, 6.45) is 1.16. The molecule has 0 aliphatic rings. The summed E-state index contributed by atoms with van der Waals surface area (Å²) < 4.78 is 0. The molecule has 29 heavy (non-hydrogen) atoms. The predicted molar refractivity (Wildman–Crippen MR) is 132 cm³/mol. The van der Waals surface area contributed by atoms with Gasteiger partial charge >= 0.3 is 33.3 Å². The third-order valence-electron chi connectivity index (χ3n) is 5.30. The predicted octanol–water partition coefficient (Wildman–Crippen LogP) is 8.90. The van der Waals surface area contributed by atoms with Gasteiger partial charge in [-0.1, -0.05) is 52.0 Å². The molecule has 0 aliphatic carbocycles. The molecule has 0 bridgehead atoms. The van der Waals surface area contributed by atoms with Crippen molar-refractivity contribution in [3.8, 4) is 11.3 Å². The van der Waals surface area contributed by atoms with Crippen LogP contribution in [0.15, 0.2) is 36.4 Å². The van der Waals surface area contributed by atoms with Gasteiger partial charge in [0.1, 0.15) is 0 Å². The summed E-state index contributed by atoms with van der Waals surface area (Å²) in [5.74, 6) is 1.00. The van der Waals surface area contributed by atoms with Gasteiger partial charge in [0.2, 0.25) is 0 Å². The Kier molecular flexibility index (Phi) is 12.4. The van der Waals surface area contributed by atoms with Crippen molar-refractivity contribution in [2.45, 2.75) is 84.7 Å². The number of pyridine rings is 1. The zero-order valence-electron chi connectivity index (χ0n) is 19.0. The molecular formula is C24H37Cl2FeNP+. The first-order valence-corrected chi connectivity index (χ1v) is 15.3. The standard InChI is InChI=1S/C24H36NP.2ClH.Fe/c1-16(2)21-12-10-13-22(17(3)4)24(21)23-14-9-11-20(25-23)15-26(18(5)6)19(7)8;;;/h9-14,16-19H,15H2,1-8H3;2*1H;/q;;;+2/p-1. The van der Waals surface area contributed by atoms with Crippen LogP contribution in [0.3, 0.4) is 0 Å². The molecule has 0 saturated carbocycles. The molecule has 0 aliphatic heterocycles. The Morgan fingerprint density at radius 2 is 1.24 bits per heavy atom. The van der Waals surface area contributed by atoms with E-state index in [2.05, 4.69) is 91.8 Å². The van der Waals surface area contributed by atoms with Crippen LogP contribution >= 0.6 is 28.1 Å². The second-order valence-corrected chi connectivity index (χ2v) is 14.4. The van der Waals surface area contributed by atoms with Gasteiger partial charge < -0.3 is 0 Å². The third-order valence-corrected chi connectivity index (χ3v) is 9.04. The number of benzene rings is 1. The van der Waals surface area contributed by atoms with Crippen LogP contribution in [0.4, 0.5) is 0 Å². The second-order valence-electron chi connectivity index (χ2n) is 8.75. The molecular weight excluding hydrogens is 460 g/mol. The number of aromatic nitrogens is 1. The molecule has 0 unspecified atom stereocenters. The fourth-order valence-electron chi connectivity index (χ4n) is 3.85. The first-order valence-electron chi connectivity index (χ1n) is 10.4. The number of halogens is 2. The average Bonchev–Trinajstić information content (AvgIpc) is 2.65. The molecule has 164 valence electrons. The van der Waals surface area contributed by atoms with Gasteiger partial charge in [0.15, 0.2) is 0 Å². The van der Waals surface area contributed by atoms with Crippen LogP contribution < -0.4 is 0 Å².